The van der Waals surface area contributed by atoms with E-state index in [4.69, 9.17) is 5.11 Å². The predicted octanol–water partition coefficient (Wildman–Crippen LogP) is 1.09. The number of aromatic nitrogens is 2. The summed E-state index contributed by atoms with van der Waals surface area (Å²) >= 11 is 0. The minimum Gasteiger partial charge on any atom is -0.481 e. The molecule has 0 bridgehead atoms. The number of aliphatic carboxylic acids is 1. The number of rotatable bonds is 2. The van der Waals surface area contributed by atoms with Crippen LogP contribution >= 0.6 is 12.4 Å². The molecule has 1 fully saturated rings. The van der Waals surface area contributed by atoms with Crippen molar-refractivity contribution in [3.05, 3.63) is 24.3 Å². The van der Waals surface area contributed by atoms with Crippen molar-refractivity contribution in [1.29, 1.82) is 0 Å². The number of carboxylic acid groups (broad SMARTS) is 1. The van der Waals surface area contributed by atoms with Gasteiger partial charge in [-0.2, -0.15) is 0 Å². The van der Waals surface area contributed by atoms with Crippen LogP contribution in [0.1, 0.15) is 18.0 Å². The Bertz CT molecular complexity index is 304. The van der Waals surface area contributed by atoms with Gasteiger partial charge in [-0.25, -0.2) is 9.97 Å². The van der Waals surface area contributed by atoms with Crippen molar-refractivity contribution in [2.24, 2.45) is 5.92 Å². The molecule has 13 heavy (non-hydrogen) atoms. The largest absolute Gasteiger partial charge is 0.481 e. The first-order valence-corrected chi connectivity index (χ1v) is 3.78. The quantitative estimate of drug-likeness (QED) is 0.776. The van der Waals surface area contributed by atoms with Gasteiger partial charge in [-0.15, -0.1) is 12.4 Å². The third-order valence-electron chi connectivity index (χ3n) is 2.09. The first-order chi connectivity index (χ1) is 5.79. The second kappa shape index (κ2) is 3.70. The fourth-order valence-corrected chi connectivity index (χ4v) is 1.32. The fraction of sp³-hybridized carbons (Fsp3) is 0.375. The van der Waals surface area contributed by atoms with Crippen molar-refractivity contribution in [3.8, 4) is 0 Å². The van der Waals surface area contributed by atoms with Gasteiger partial charge in [-0.1, -0.05) is 0 Å². The Morgan fingerprint density at radius 1 is 1.62 bits per heavy atom. The molecule has 0 radical (unpaired) electrons. The van der Waals surface area contributed by atoms with E-state index in [1.165, 1.54) is 6.33 Å². The molecule has 1 aromatic rings. The van der Waals surface area contributed by atoms with Crippen LogP contribution < -0.4 is 0 Å². The summed E-state index contributed by atoms with van der Waals surface area (Å²) in [7, 11) is 0. The van der Waals surface area contributed by atoms with Crippen LogP contribution in [0.4, 0.5) is 0 Å². The van der Waals surface area contributed by atoms with Crippen LogP contribution in [0.25, 0.3) is 0 Å². The summed E-state index contributed by atoms with van der Waals surface area (Å²) in [5.74, 6) is -0.830. The van der Waals surface area contributed by atoms with E-state index >= 15 is 0 Å². The smallest absolute Gasteiger partial charge is 0.307 e. The maximum Gasteiger partial charge on any atom is 0.307 e. The van der Waals surface area contributed by atoms with Crippen LogP contribution in [0.5, 0.6) is 0 Å². The average molecular weight is 201 g/mol. The molecule has 4 nitrogen and oxygen atoms in total. The van der Waals surface area contributed by atoms with Crippen LogP contribution in [-0.4, -0.2) is 21.0 Å². The first-order valence-electron chi connectivity index (χ1n) is 3.78. The highest BCUT2D eigenvalue weighted by atomic mass is 35.5. The zero-order chi connectivity index (χ0) is 8.55. The Kier molecular flexibility index (Phi) is 2.83. The molecule has 5 heteroatoms. The Balaban J connectivity index is 0.000000845. The zero-order valence-corrected chi connectivity index (χ0v) is 7.57. The summed E-state index contributed by atoms with van der Waals surface area (Å²) in [5, 5.41) is 8.64. The summed E-state index contributed by atoms with van der Waals surface area (Å²) in [6.07, 6.45) is 3.80. The molecular formula is C8H9ClN2O2. The lowest BCUT2D eigenvalue weighted by atomic mass is 10.2. The molecule has 2 atom stereocenters. The Hall–Kier alpha value is -1.16. The molecule has 1 N–H and O–H groups in total. The predicted molar refractivity (Wildman–Crippen MR) is 47.8 cm³/mol. The van der Waals surface area contributed by atoms with E-state index in [0.717, 1.165) is 5.69 Å². The van der Waals surface area contributed by atoms with E-state index in [1.807, 2.05) is 0 Å². The maximum absolute atomic E-state index is 10.5. The lowest BCUT2D eigenvalue weighted by Gasteiger charge is -1.93. The molecule has 0 saturated heterocycles. The third kappa shape index (κ3) is 1.95. The Labute approximate surface area is 81.4 Å². The number of nitrogens with zero attached hydrogens (tertiary/aromatic N) is 2. The van der Waals surface area contributed by atoms with Gasteiger partial charge in [0.1, 0.15) is 6.33 Å². The van der Waals surface area contributed by atoms with Crippen molar-refractivity contribution in [2.75, 3.05) is 0 Å². The monoisotopic (exact) mass is 200 g/mol. The number of carbonyl (C=O) groups is 1. The molecular weight excluding hydrogens is 192 g/mol. The van der Waals surface area contributed by atoms with Crippen molar-refractivity contribution >= 4 is 18.4 Å². The molecule has 1 aliphatic rings. The average Bonchev–Trinajstić information content (AvgIpc) is 2.84. The van der Waals surface area contributed by atoms with Gasteiger partial charge in [0.05, 0.1) is 5.92 Å². The topological polar surface area (TPSA) is 63.1 Å². The minimum atomic E-state index is -0.724. The van der Waals surface area contributed by atoms with Crippen molar-refractivity contribution in [1.82, 2.24) is 9.97 Å². The van der Waals surface area contributed by atoms with E-state index in [2.05, 4.69) is 9.97 Å². The van der Waals surface area contributed by atoms with Crippen LogP contribution in [0, 0.1) is 5.92 Å². The maximum atomic E-state index is 10.5. The normalized spacial score (nSPS) is 24.6. The van der Waals surface area contributed by atoms with Crippen LogP contribution in [0.15, 0.2) is 18.6 Å². The number of hydrogen-bond donors (Lipinski definition) is 1. The van der Waals surface area contributed by atoms with E-state index in [-0.39, 0.29) is 24.2 Å². The lowest BCUT2D eigenvalue weighted by molar-refractivity contribution is -0.138. The van der Waals surface area contributed by atoms with Crippen molar-refractivity contribution < 1.29 is 9.90 Å². The summed E-state index contributed by atoms with van der Waals surface area (Å²) in [4.78, 5) is 18.3. The fourth-order valence-electron chi connectivity index (χ4n) is 1.32. The standard InChI is InChI=1S/C8H8N2O2.ClH/c11-8(12)6-3-5(6)7-1-2-9-4-10-7;/h1-2,4-6H,3H2,(H,11,12);1H. The van der Waals surface area contributed by atoms with E-state index in [9.17, 15) is 4.79 Å². The summed E-state index contributed by atoms with van der Waals surface area (Å²) in [6.45, 7) is 0. The summed E-state index contributed by atoms with van der Waals surface area (Å²) in [5.41, 5.74) is 0.845. The number of halogens is 1. The summed E-state index contributed by atoms with van der Waals surface area (Å²) in [6, 6.07) is 1.77. The third-order valence-corrected chi connectivity index (χ3v) is 2.09. The minimum absolute atomic E-state index is 0. The highest BCUT2D eigenvalue weighted by Gasteiger charge is 2.45. The van der Waals surface area contributed by atoms with Crippen LogP contribution in [0.3, 0.4) is 0 Å². The van der Waals surface area contributed by atoms with Gasteiger partial charge in [-0.3, -0.25) is 4.79 Å². The molecule has 2 rings (SSSR count). The van der Waals surface area contributed by atoms with Gasteiger partial charge in [0, 0.05) is 17.8 Å². The zero-order valence-electron chi connectivity index (χ0n) is 6.75. The molecule has 1 aromatic heterocycles. The van der Waals surface area contributed by atoms with E-state index < -0.39 is 5.97 Å². The SMILES string of the molecule is Cl.O=C(O)C1CC1c1ccncn1. The van der Waals surface area contributed by atoms with Gasteiger partial charge in [0.15, 0.2) is 0 Å². The first kappa shape index (κ1) is 9.92. The molecule has 2 unspecified atom stereocenters. The van der Waals surface area contributed by atoms with Gasteiger partial charge in [0.25, 0.3) is 0 Å². The highest BCUT2D eigenvalue weighted by Crippen LogP contribution is 2.46. The molecule has 0 spiro atoms. The van der Waals surface area contributed by atoms with Crippen LogP contribution in [-0.2, 0) is 4.79 Å². The molecule has 1 saturated carbocycles. The van der Waals surface area contributed by atoms with Gasteiger partial charge >= 0.3 is 5.97 Å². The molecule has 0 aromatic carbocycles. The van der Waals surface area contributed by atoms with Gasteiger partial charge in [0.2, 0.25) is 0 Å². The van der Waals surface area contributed by atoms with Crippen LogP contribution in [0.2, 0.25) is 0 Å². The lowest BCUT2D eigenvalue weighted by Crippen LogP contribution is -1.99. The molecule has 70 valence electrons. The second-order valence-corrected chi connectivity index (χ2v) is 2.92. The van der Waals surface area contributed by atoms with E-state index in [0.29, 0.717) is 6.42 Å². The van der Waals surface area contributed by atoms with E-state index in [1.54, 1.807) is 12.3 Å². The Morgan fingerprint density at radius 2 is 2.38 bits per heavy atom. The van der Waals surface area contributed by atoms with Crippen molar-refractivity contribution in [2.45, 2.75) is 12.3 Å². The van der Waals surface area contributed by atoms with Gasteiger partial charge < -0.3 is 5.11 Å². The number of hydrogen-bond acceptors (Lipinski definition) is 3. The molecule has 1 aliphatic carbocycles. The second-order valence-electron chi connectivity index (χ2n) is 2.92. The Morgan fingerprint density at radius 3 is 2.85 bits per heavy atom. The summed E-state index contributed by atoms with van der Waals surface area (Å²) < 4.78 is 0. The van der Waals surface area contributed by atoms with Crippen molar-refractivity contribution in [3.63, 3.8) is 0 Å². The highest BCUT2D eigenvalue weighted by molar-refractivity contribution is 5.85. The van der Waals surface area contributed by atoms with Gasteiger partial charge in [-0.05, 0) is 12.5 Å². The molecule has 1 heterocycles. The molecule has 0 aliphatic heterocycles. The number of carboxylic acids is 1. The molecule has 0 amide bonds.